The largest absolute Gasteiger partial charge is 0.461 e. The molecule has 1 heterocycles. The fraction of sp³-hybridized carbons (Fsp3) is 0.429. The zero-order valence-corrected chi connectivity index (χ0v) is 12.5. The summed E-state index contributed by atoms with van der Waals surface area (Å²) in [6, 6.07) is 4.24. The first-order valence-corrected chi connectivity index (χ1v) is 6.77. The summed E-state index contributed by atoms with van der Waals surface area (Å²) in [5.41, 5.74) is 0. The van der Waals surface area contributed by atoms with Gasteiger partial charge in [-0.25, -0.2) is 4.39 Å². The number of halogens is 2. The predicted molar refractivity (Wildman–Crippen MR) is 73.4 cm³/mol. The first-order valence-electron chi connectivity index (χ1n) is 5.98. The average molecular weight is 331 g/mol. The third-order valence-corrected chi connectivity index (χ3v) is 3.29. The van der Waals surface area contributed by atoms with Crippen LogP contribution in [-0.4, -0.2) is 18.5 Å². The quantitative estimate of drug-likeness (QED) is 0.780. The Labute approximate surface area is 120 Å². The van der Waals surface area contributed by atoms with E-state index in [9.17, 15) is 4.39 Å². The highest BCUT2D eigenvalue weighted by molar-refractivity contribution is 9.10. The molecule has 0 unspecified atom stereocenters. The lowest BCUT2D eigenvalue weighted by atomic mass is 10.2. The zero-order valence-electron chi connectivity index (χ0n) is 10.9. The van der Waals surface area contributed by atoms with Crippen LogP contribution < -0.4 is 4.74 Å². The summed E-state index contributed by atoms with van der Waals surface area (Å²) in [6.45, 7) is 8.10. The number of benzene rings is 1. The molecule has 1 atom stereocenters. The predicted octanol–water partition coefficient (Wildman–Crippen LogP) is 4.02. The van der Waals surface area contributed by atoms with Gasteiger partial charge in [-0.1, -0.05) is 6.58 Å². The van der Waals surface area contributed by atoms with Crippen LogP contribution in [-0.2, 0) is 9.47 Å². The van der Waals surface area contributed by atoms with Gasteiger partial charge in [-0.3, -0.25) is 0 Å². The molecule has 1 aromatic rings. The van der Waals surface area contributed by atoms with Crippen molar-refractivity contribution in [3.05, 3.63) is 40.8 Å². The second-order valence-corrected chi connectivity index (χ2v) is 5.72. The van der Waals surface area contributed by atoms with Gasteiger partial charge in [-0.15, -0.1) is 0 Å². The second kappa shape index (κ2) is 5.61. The highest BCUT2D eigenvalue weighted by Gasteiger charge is 2.33. The third-order valence-electron chi connectivity index (χ3n) is 2.67. The highest BCUT2D eigenvalue weighted by Crippen LogP contribution is 2.30. The van der Waals surface area contributed by atoms with Crippen molar-refractivity contribution in [1.29, 1.82) is 0 Å². The first kappa shape index (κ1) is 14.5. The second-order valence-electron chi connectivity index (χ2n) is 4.87. The van der Waals surface area contributed by atoms with Gasteiger partial charge < -0.3 is 14.2 Å². The summed E-state index contributed by atoms with van der Waals surface area (Å²) in [7, 11) is 0. The van der Waals surface area contributed by atoms with Gasteiger partial charge in [0.1, 0.15) is 11.6 Å². The van der Waals surface area contributed by atoms with Gasteiger partial charge in [-0.05, 0) is 48.0 Å². The molecule has 1 aromatic carbocycles. The average Bonchev–Trinajstić information content (AvgIpc) is 2.62. The van der Waals surface area contributed by atoms with E-state index in [0.29, 0.717) is 29.0 Å². The van der Waals surface area contributed by atoms with Crippen LogP contribution in [0.4, 0.5) is 4.39 Å². The molecule has 1 aliphatic heterocycles. The smallest absolute Gasteiger partial charge is 0.163 e. The summed E-state index contributed by atoms with van der Waals surface area (Å²) in [5, 5.41) is 0. The van der Waals surface area contributed by atoms with Crippen LogP contribution in [0.1, 0.15) is 20.3 Å². The van der Waals surface area contributed by atoms with Gasteiger partial charge in [-0.2, -0.15) is 0 Å². The van der Waals surface area contributed by atoms with Crippen LogP contribution in [0.2, 0.25) is 0 Å². The molecule has 0 spiro atoms. The number of rotatable bonds is 4. The molecular formula is C14H16BrFO3. The topological polar surface area (TPSA) is 27.7 Å². The van der Waals surface area contributed by atoms with Crippen LogP contribution in [0.3, 0.4) is 0 Å². The van der Waals surface area contributed by atoms with Crippen LogP contribution in [0.15, 0.2) is 35.0 Å². The Morgan fingerprint density at radius 1 is 1.58 bits per heavy atom. The number of hydrogen-bond donors (Lipinski definition) is 0. The zero-order chi connectivity index (χ0) is 14.0. The number of ether oxygens (including phenoxy) is 3. The van der Waals surface area contributed by atoms with Crippen molar-refractivity contribution >= 4 is 15.9 Å². The van der Waals surface area contributed by atoms with Crippen molar-refractivity contribution < 1.29 is 18.6 Å². The lowest BCUT2D eigenvalue weighted by molar-refractivity contribution is -0.138. The molecule has 5 heteroatoms. The van der Waals surface area contributed by atoms with E-state index in [1.165, 1.54) is 12.1 Å². The van der Waals surface area contributed by atoms with Crippen molar-refractivity contribution in [2.24, 2.45) is 0 Å². The van der Waals surface area contributed by atoms with Crippen molar-refractivity contribution in [2.75, 3.05) is 6.61 Å². The lowest BCUT2D eigenvalue weighted by Gasteiger charge is -2.18. The molecule has 0 aromatic heterocycles. The van der Waals surface area contributed by atoms with E-state index in [0.717, 1.165) is 0 Å². The lowest BCUT2D eigenvalue weighted by Crippen LogP contribution is -2.22. The molecule has 1 saturated heterocycles. The van der Waals surface area contributed by atoms with E-state index in [1.807, 2.05) is 13.8 Å². The Morgan fingerprint density at radius 2 is 2.32 bits per heavy atom. The maximum absolute atomic E-state index is 13.0. The SMILES string of the molecule is C=C(C[C@@H]1COC(C)(C)O1)Oc1ccc(F)cc1Br. The van der Waals surface area contributed by atoms with E-state index in [-0.39, 0.29) is 11.9 Å². The molecule has 3 nitrogen and oxygen atoms in total. The molecule has 0 saturated carbocycles. The Balaban J connectivity index is 1.91. The van der Waals surface area contributed by atoms with E-state index < -0.39 is 5.79 Å². The Kier molecular flexibility index (Phi) is 4.28. The minimum Gasteiger partial charge on any atom is -0.461 e. The van der Waals surface area contributed by atoms with E-state index in [2.05, 4.69) is 22.5 Å². The van der Waals surface area contributed by atoms with E-state index >= 15 is 0 Å². The van der Waals surface area contributed by atoms with Gasteiger partial charge in [0.15, 0.2) is 5.79 Å². The number of hydrogen-bond acceptors (Lipinski definition) is 3. The minimum absolute atomic E-state index is 0.0678. The summed E-state index contributed by atoms with van der Waals surface area (Å²) in [4.78, 5) is 0. The van der Waals surface area contributed by atoms with Crippen molar-refractivity contribution in [3.63, 3.8) is 0 Å². The molecule has 1 fully saturated rings. The summed E-state index contributed by atoms with van der Waals surface area (Å²) in [5.74, 6) is 0.212. The molecule has 0 N–H and O–H groups in total. The Hall–Kier alpha value is -0.910. The molecule has 104 valence electrons. The van der Waals surface area contributed by atoms with Crippen molar-refractivity contribution in [1.82, 2.24) is 0 Å². The molecule has 0 radical (unpaired) electrons. The van der Waals surface area contributed by atoms with Gasteiger partial charge in [0.05, 0.1) is 22.9 Å². The van der Waals surface area contributed by atoms with Gasteiger partial charge >= 0.3 is 0 Å². The van der Waals surface area contributed by atoms with Crippen LogP contribution >= 0.6 is 15.9 Å². The van der Waals surface area contributed by atoms with Crippen LogP contribution in [0.25, 0.3) is 0 Å². The third kappa shape index (κ3) is 4.03. The minimum atomic E-state index is -0.554. The van der Waals surface area contributed by atoms with E-state index in [4.69, 9.17) is 14.2 Å². The summed E-state index contributed by atoms with van der Waals surface area (Å²) in [6.07, 6.45) is 0.467. The van der Waals surface area contributed by atoms with Gasteiger partial charge in [0.25, 0.3) is 0 Å². The monoisotopic (exact) mass is 330 g/mol. The normalized spacial score (nSPS) is 21.4. The Bertz CT molecular complexity index is 488. The maximum atomic E-state index is 13.0. The van der Waals surface area contributed by atoms with Gasteiger partial charge in [0.2, 0.25) is 0 Å². The summed E-state index contributed by atoms with van der Waals surface area (Å²) < 4.78 is 30.2. The molecule has 0 aliphatic carbocycles. The molecular weight excluding hydrogens is 315 g/mol. The fourth-order valence-corrected chi connectivity index (χ4v) is 2.30. The van der Waals surface area contributed by atoms with Crippen LogP contribution in [0, 0.1) is 5.82 Å². The molecule has 19 heavy (non-hydrogen) atoms. The highest BCUT2D eigenvalue weighted by atomic mass is 79.9. The molecule has 0 bridgehead atoms. The van der Waals surface area contributed by atoms with Crippen molar-refractivity contribution in [2.45, 2.75) is 32.2 Å². The van der Waals surface area contributed by atoms with E-state index in [1.54, 1.807) is 6.07 Å². The molecule has 1 aliphatic rings. The Morgan fingerprint density at radius 3 is 2.89 bits per heavy atom. The summed E-state index contributed by atoms with van der Waals surface area (Å²) >= 11 is 3.24. The van der Waals surface area contributed by atoms with Gasteiger partial charge in [0, 0.05) is 6.42 Å². The molecule has 0 amide bonds. The fourth-order valence-electron chi connectivity index (χ4n) is 1.87. The van der Waals surface area contributed by atoms with Crippen molar-refractivity contribution in [3.8, 4) is 5.75 Å². The maximum Gasteiger partial charge on any atom is 0.163 e. The van der Waals surface area contributed by atoms with Crippen LogP contribution in [0.5, 0.6) is 5.75 Å². The molecule has 2 rings (SSSR count). The first-order chi connectivity index (χ1) is 8.85. The standard InChI is InChI=1S/C14H16BrFO3/c1-9(6-11-8-17-14(2,3)19-11)18-13-5-4-10(16)7-12(13)15/h4-5,7,11H,1,6,8H2,2-3H3/t11-/m1/s1.